The first-order valence-corrected chi connectivity index (χ1v) is 8.16. The number of rotatable bonds is 4. The zero-order chi connectivity index (χ0) is 18.8. The molecule has 8 heteroatoms. The Morgan fingerprint density at radius 2 is 1.96 bits per heavy atom. The van der Waals surface area contributed by atoms with Gasteiger partial charge in [0.15, 0.2) is 0 Å². The van der Waals surface area contributed by atoms with Crippen molar-refractivity contribution in [1.29, 1.82) is 0 Å². The van der Waals surface area contributed by atoms with Crippen LogP contribution in [0.25, 0.3) is 0 Å². The van der Waals surface area contributed by atoms with Crippen molar-refractivity contribution < 1.29 is 18.3 Å². The van der Waals surface area contributed by atoms with Crippen LogP contribution in [-0.4, -0.2) is 29.2 Å². The third-order valence-corrected chi connectivity index (χ3v) is 4.56. The largest absolute Gasteiger partial charge is 0.416 e. The number of nitrogens with two attached hydrogens (primary N) is 2. The summed E-state index contributed by atoms with van der Waals surface area (Å²) in [4.78, 5) is 0. The Hall–Kier alpha value is -1.77. The molecule has 1 aliphatic rings. The fraction of sp³-hybridized carbons (Fsp3) is 0.529. The number of hydrogen-bond donors (Lipinski definition) is 4. The summed E-state index contributed by atoms with van der Waals surface area (Å²) in [5, 5.41) is 15.8. The van der Waals surface area contributed by atoms with E-state index in [1.165, 1.54) is 17.1 Å². The van der Waals surface area contributed by atoms with Crippen molar-refractivity contribution in [2.45, 2.75) is 50.0 Å². The molecule has 5 nitrogen and oxygen atoms in total. The van der Waals surface area contributed by atoms with Gasteiger partial charge in [-0.2, -0.15) is 13.2 Å². The maximum absolute atomic E-state index is 12.8. The molecule has 1 saturated heterocycles. The van der Waals surface area contributed by atoms with Gasteiger partial charge in [0.1, 0.15) is 0 Å². The van der Waals surface area contributed by atoms with Gasteiger partial charge >= 0.3 is 6.18 Å². The zero-order valence-electron chi connectivity index (χ0n) is 14.3. The molecule has 0 radical (unpaired) electrons. The normalized spacial score (nSPS) is 28.0. The molecule has 1 aromatic rings. The van der Waals surface area contributed by atoms with Crippen LogP contribution < -0.4 is 16.9 Å². The first-order valence-electron chi connectivity index (χ1n) is 8.16. The van der Waals surface area contributed by atoms with Crippen molar-refractivity contribution in [2.75, 3.05) is 7.05 Å². The van der Waals surface area contributed by atoms with E-state index in [2.05, 4.69) is 5.32 Å². The van der Waals surface area contributed by atoms with E-state index in [0.29, 0.717) is 17.7 Å². The molecule has 140 valence electrons. The molecular formula is C17H25F3N4O. The van der Waals surface area contributed by atoms with E-state index in [9.17, 15) is 18.3 Å². The van der Waals surface area contributed by atoms with Crippen LogP contribution in [0.15, 0.2) is 36.2 Å². The lowest BCUT2D eigenvalue weighted by atomic mass is 9.77. The van der Waals surface area contributed by atoms with Crippen molar-refractivity contribution in [3.63, 3.8) is 0 Å². The van der Waals surface area contributed by atoms with Crippen LogP contribution in [0.5, 0.6) is 0 Å². The van der Waals surface area contributed by atoms with Crippen LogP contribution in [0.4, 0.5) is 13.2 Å². The fourth-order valence-electron chi connectivity index (χ4n) is 3.24. The monoisotopic (exact) mass is 358 g/mol. The van der Waals surface area contributed by atoms with Crippen molar-refractivity contribution in [3.05, 3.63) is 47.3 Å². The number of nitrogens with one attached hydrogen (secondary N) is 1. The van der Waals surface area contributed by atoms with Crippen LogP contribution in [0.3, 0.4) is 0 Å². The first kappa shape index (κ1) is 19.6. The Morgan fingerprint density at radius 1 is 1.36 bits per heavy atom. The van der Waals surface area contributed by atoms with E-state index in [1.54, 1.807) is 13.2 Å². The first-order chi connectivity index (χ1) is 11.5. The van der Waals surface area contributed by atoms with E-state index in [-0.39, 0.29) is 18.5 Å². The van der Waals surface area contributed by atoms with Crippen molar-refractivity contribution in [3.8, 4) is 0 Å². The Balaban J connectivity index is 2.30. The molecule has 0 bridgehead atoms. The lowest BCUT2D eigenvalue weighted by Gasteiger charge is -2.42. The number of alkyl halides is 3. The SMILES string of the molecule is CCC1CC(O)(c2ccc(C(F)(F)F)cc2)CC(/C(N)=C/N(C)N)N1. The van der Waals surface area contributed by atoms with E-state index >= 15 is 0 Å². The highest BCUT2D eigenvalue weighted by Crippen LogP contribution is 2.38. The molecule has 0 saturated carbocycles. The number of hydrazine groups is 1. The number of aliphatic hydroxyl groups is 1. The standard InChI is InChI=1S/C17H25F3N4O/c1-3-13-8-16(25,9-15(23-13)14(21)10-24(2)22)11-4-6-12(7-5-11)17(18,19)20/h4-7,10,13,15,23,25H,3,8-9,21-22H2,1-2H3/b14-10-. The van der Waals surface area contributed by atoms with Gasteiger partial charge in [-0.15, -0.1) is 0 Å². The average molecular weight is 358 g/mol. The Bertz CT molecular complexity index is 615. The van der Waals surface area contributed by atoms with Gasteiger partial charge in [0.05, 0.1) is 17.2 Å². The van der Waals surface area contributed by atoms with Crippen LogP contribution >= 0.6 is 0 Å². The minimum Gasteiger partial charge on any atom is -0.400 e. The second-order valence-electron chi connectivity index (χ2n) is 6.63. The second kappa shape index (κ2) is 7.23. The lowest BCUT2D eigenvalue weighted by molar-refractivity contribution is -0.137. The molecule has 6 N–H and O–H groups in total. The van der Waals surface area contributed by atoms with Crippen molar-refractivity contribution in [1.82, 2.24) is 10.3 Å². The van der Waals surface area contributed by atoms with Crippen molar-refractivity contribution >= 4 is 0 Å². The van der Waals surface area contributed by atoms with E-state index in [1.807, 2.05) is 6.92 Å². The molecule has 1 aliphatic heterocycles. The summed E-state index contributed by atoms with van der Waals surface area (Å²) in [5.41, 5.74) is 5.00. The van der Waals surface area contributed by atoms with Gasteiger partial charge in [-0.25, -0.2) is 5.84 Å². The molecule has 1 heterocycles. The minimum absolute atomic E-state index is 0.0129. The van der Waals surface area contributed by atoms with E-state index < -0.39 is 17.3 Å². The van der Waals surface area contributed by atoms with Gasteiger partial charge in [0, 0.05) is 31.4 Å². The molecule has 25 heavy (non-hydrogen) atoms. The summed E-state index contributed by atoms with van der Waals surface area (Å²) in [6, 6.07) is 4.34. The van der Waals surface area contributed by atoms with Crippen LogP contribution in [0.2, 0.25) is 0 Å². The van der Waals surface area contributed by atoms with Crippen molar-refractivity contribution in [2.24, 2.45) is 11.6 Å². The third kappa shape index (κ3) is 4.65. The zero-order valence-corrected chi connectivity index (χ0v) is 14.3. The van der Waals surface area contributed by atoms with E-state index in [0.717, 1.165) is 18.6 Å². The summed E-state index contributed by atoms with van der Waals surface area (Å²) < 4.78 is 38.3. The number of halogens is 3. The topological polar surface area (TPSA) is 87.5 Å². The molecule has 2 rings (SSSR count). The highest BCUT2D eigenvalue weighted by molar-refractivity contribution is 5.30. The second-order valence-corrected chi connectivity index (χ2v) is 6.63. The molecular weight excluding hydrogens is 333 g/mol. The van der Waals surface area contributed by atoms with Gasteiger partial charge in [-0.3, -0.25) is 0 Å². The van der Waals surface area contributed by atoms with Gasteiger partial charge in [-0.1, -0.05) is 19.1 Å². The Labute approximate surface area is 145 Å². The predicted molar refractivity (Wildman–Crippen MR) is 89.8 cm³/mol. The predicted octanol–water partition coefficient (Wildman–Crippen LogP) is 2.03. The van der Waals surface area contributed by atoms with Gasteiger partial charge in [0.2, 0.25) is 0 Å². The molecule has 3 unspecified atom stereocenters. The average Bonchev–Trinajstić information content (AvgIpc) is 2.53. The van der Waals surface area contributed by atoms with Gasteiger partial charge < -0.3 is 21.2 Å². The maximum Gasteiger partial charge on any atom is 0.416 e. The summed E-state index contributed by atoms with van der Waals surface area (Å²) in [6.45, 7) is 1.97. The fourth-order valence-corrected chi connectivity index (χ4v) is 3.24. The third-order valence-electron chi connectivity index (χ3n) is 4.56. The lowest BCUT2D eigenvalue weighted by Crippen LogP contribution is -2.54. The minimum atomic E-state index is -4.40. The smallest absolute Gasteiger partial charge is 0.400 e. The summed E-state index contributed by atoms with van der Waals surface area (Å²) in [7, 11) is 1.63. The number of benzene rings is 1. The van der Waals surface area contributed by atoms with Crippen LogP contribution in [0.1, 0.15) is 37.3 Å². The van der Waals surface area contributed by atoms with Gasteiger partial charge in [0.25, 0.3) is 0 Å². The van der Waals surface area contributed by atoms with Gasteiger partial charge in [-0.05, 0) is 30.5 Å². The van der Waals surface area contributed by atoms with Crippen LogP contribution in [-0.2, 0) is 11.8 Å². The quantitative estimate of drug-likeness (QED) is 0.489. The Kier molecular flexibility index (Phi) is 5.65. The molecule has 0 aliphatic carbocycles. The number of hydrogen-bond acceptors (Lipinski definition) is 5. The highest BCUT2D eigenvalue weighted by Gasteiger charge is 2.41. The Morgan fingerprint density at radius 3 is 2.44 bits per heavy atom. The number of nitrogens with zero attached hydrogens (tertiary/aromatic N) is 1. The maximum atomic E-state index is 12.8. The summed E-state index contributed by atoms with van der Waals surface area (Å²) >= 11 is 0. The molecule has 0 aromatic heterocycles. The molecule has 1 aromatic carbocycles. The van der Waals surface area contributed by atoms with E-state index in [4.69, 9.17) is 11.6 Å². The molecule has 0 spiro atoms. The highest BCUT2D eigenvalue weighted by atomic mass is 19.4. The van der Waals surface area contributed by atoms with Crippen LogP contribution in [0, 0.1) is 0 Å². The number of piperidine rings is 1. The summed E-state index contributed by atoms with van der Waals surface area (Å²) in [6.07, 6.45) is -1.43. The summed E-state index contributed by atoms with van der Waals surface area (Å²) in [5.74, 6) is 5.58. The molecule has 0 amide bonds. The molecule has 1 fully saturated rings. The molecule has 3 atom stereocenters.